The molecule has 1 N–H and O–H groups in total. The van der Waals surface area contributed by atoms with Gasteiger partial charge in [-0.3, -0.25) is 0 Å². The van der Waals surface area contributed by atoms with Gasteiger partial charge in [-0.05, 0) is 0 Å². The molecule has 0 aromatic carbocycles. The zero-order valence-corrected chi connectivity index (χ0v) is 12.2. The summed E-state index contributed by atoms with van der Waals surface area (Å²) in [7, 11) is 4.27. The molecule has 0 saturated heterocycles. The van der Waals surface area contributed by atoms with Crippen molar-refractivity contribution in [1.82, 2.24) is 5.32 Å². The lowest BCUT2D eigenvalue weighted by Crippen LogP contribution is -2.49. The topological polar surface area (TPSA) is 75.3 Å². The van der Waals surface area contributed by atoms with Gasteiger partial charge >= 0.3 is 6.09 Å². The van der Waals surface area contributed by atoms with Crippen molar-refractivity contribution in [1.29, 1.82) is 0 Å². The van der Waals surface area contributed by atoms with Crippen LogP contribution in [0.5, 0.6) is 0 Å². The average molecular weight is 289 g/mol. The lowest BCUT2D eigenvalue weighted by atomic mass is 10.1. The smallest absolute Gasteiger partial charge is 0.407 e. The Balaban J connectivity index is 4.89. The lowest BCUT2D eigenvalue weighted by Gasteiger charge is -2.30. The maximum atomic E-state index is 11.3. The molecule has 1 amide bonds. The van der Waals surface area contributed by atoms with Crippen LogP contribution in [0.25, 0.3) is 0 Å². The van der Waals surface area contributed by atoms with Crippen LogP contribution in [0.15, 0.2) is 25.3 Å². The van der Waals surface area contributed by atoms with Gasteiger partial charge in [-0.25, -0.2) is 4.79 Å². The second kappa shape index (κ2) is 11.4. The fourth-order valence-corrected chi connectivity index (χ4v) is 1.46. The number of ether oxygens (including phenoxy) is 5. The summed E-state index contributed by atoms with van der Waals surface area (Å²) in [5.74, 6) is 0. The summed E-state index contributed by atoms with van der Waals surface area (Å²) < 4.78 is 25.2. The molecular formula is C13H23NO6. The Hall–Kier alpha value is -1.41. The van der Waals surface area contributed by atoms with Gasteiger partial charge in [0.2, 0.25) is 0 Å². The van der Waals surface area contributed by atoms with Gasteiger partial charge in [-0.1, -0.05) is 12.2 Å². The van der Waals surface area contributed by atoms with E-state index in [2.05, 4.69) is 23.2 Å². The summed E-state index contributed by atoms with van der Waals surface area (Å²) in [5.41, 5.74) is 0. The molecule has 7 nitrogen and oxygen atoms in total. The first-order valence-electron chi connectivity index (χ1n) is 5.95. The van der Waals surface area contributed by atoms with Crippen LogP contribution in [0.3, 0.4) is 0 Å². The van der Waals surface area contributed by atoms with Crippen molar-refractivity contribution in [2.45, 2.75) is 18.2 Å². The van der Waals surface area contributed by atoms with Crippen molar-refractivity contribution in [2.75, 3.05) is 34.9 Å². The Morgan fingerprint density at radius 1 is 1.10 bits per heavy atom. The van der Waals surface area contributed by atoms with E-state index in [0.717, 1.165) is 0 Å². The fraction of sp³-hybridized carbons (Fsp3) is 0.615. The maximum absolute atomic E-state index is 11.3. The molecule has 3 atom stereocenters. The normalized spacial score (nSPS) is 14.9. The molecule has 7 heteroatoms. The third-order valence-corrected chi connectivity index (χ3v) is 2.39. The third-order valence-electron chi connectivity index (χ3n) is 2.39. The number of carbonyl (C=O) groups is 1. The maximum Gasteiger partial charge on any atom is 0.407 e. The highest BCUT2D eigenvalue weighted by Gasteiger charge is 2.29. The molecule has 116 valence electrons. The van der Waals surface area contributed by atoms with Crippen LogP contribution < -0.4 is 5.32 Å². The summed E-state index contributed by atoms with van der Waals surface area (Å²) in [5, 5.41) is 2.59. The summed E-state index contributed by atoms with van der Waals surface area (Å²) >= 11 is 0. The molecule has 0 rings (SSSR count). The Morgan fingerprint density at radius 2 is 1.70 bits per heavy atom. The Labute approximate surface area is 119 Å². The van der Waals surface area contributed by atoms with Crippen LogP contribution in [-0.4, -0.2) is 59.3 Å². The molecule has 0 spiro atoms. The lowest BCUT2D eigenvalue weighted by molar-refractivity contribution is -0.147. The summed E-state index contributed by atoms with van der Waals surface area (Å²) in [4.78, 5) is 11.3. The van der Waals surface area contributed by atoms with Crippen LogP contribution in [-0.2, 0) is 23.7 Å². The number of rotatable bonds is 11. The molecule has 0 aliphatic rings. The van der Waals surface area contributed by atoms with E-state index in [9.17, 15) is 4.79 Å². The van der Waals surface area contributed by atoms with Crippen molar-refractivity contribution < 1.29 is 28.5 Å². The zero-order chi connectivity index (χ0) is 15.4. The summed E-state index contributed by atoms with van der Waals surface area (Å²) in [6, 6.07) is -0.544. The second-order valence-corrected chi connectivity index (χ2v) is 3.71. The Bertz CT molecular complexity index is 297. The minimum Gasteiger partial charge on any atom is -0.453 e. The molecule has 0 saturated carbocycles. The molecule has 0 bridgehead atoms. The van der Waals surface area contributed by atoms with E-state index in [4.69, 9.17) is 18.9 Å². The quantitative estimate of drug-likeness (QED) is 0.453. The molecule has 0 fully saturated rings. The first-order chi connectivity index (χ1) is 9.64. The number of amides is 1. The molecule has 0 aromatic rings. The Morgan fingerprint density at radius 3 is 2.15 bits per heavy atom. The van der Waals surface area contributed by atoms with Gasteiger partial charge in [0.25, 0.3) is 0 Å². The van der Waals surface area contributed by atoms with Crippen LogP contribution in [0, 0.1) is 0 Å². The molecular weight excluding hydrogens is 266 g/mol. The van der Waals surface area contributed by atoms with Crippen molar-refractivity contribution in [3.63, 3.8) is 0 Å². The number of hydrogen-bond acceptors (Lipinski definition) is 6. The Kier molecular flexibility index (Phi) is 10.6. The SMILES string of the molecule is C=C[C@H](NC(=O)OC)[C@@H](OCOC)[C@@H](C=C)OCOC. The molecule has 0 radical (unpaired) electrons. The van der Waals surface area contributed by atoms with E-state index >= 15 is 0 Å². The molecule has 0 heterocycles. The first-order valence-corrected chi connectivity index (χ1v) is 5.95. The fourth-order valence-electron chi connectivity index (χ4n) is 1.46. The zero-order valence-electron chi connectivity index (χ0n) is 12.2. The number of carbonyl (C=O) groups excluding carboxylic acids is 1. The summed E-state index contributed by atoms with van der Waals surface area (Å²) in [6.45, 7) is 7.43. The third kappa shape index (κ3) is 6.67. The average Bonchev–Trinajstić information content (AvgIpc) is 2.48. The summed E-state index contributed by atoms with van der Waals surface area (Å²) in [6.07, 6.45) is 1.36. The molecule has 0 aromatic heterocycles. The van der Waals surface area contributed by atoms with E-state index in [1.165, 1.54) is 27.4 Å². The molecule has 0 aliphatic carbocycles. The second-order valence-electron chi connectivity index (χ2n) is 3.71. The molecule has 0 unspecified atom stereocenters. The van der Waals surface area contributed by atoms with Crippen molar-refractivity contribution in [3.05, 3.63) is 25.3 Å². The number of hydrogen-bond donors (Lipinski definition) is 1. The van der Waals surface area contributed by atoms with Crippen molar-refractivity contribution in [3.8, 4) is 0 Å². The highest BCUT2D eigenvalue weighted by molar-refractivity contribution is 5.67. The minimum absolute atomic E-state index is 0.0263. The highest BCUT2D eigenvalue weighted by Crippen LogP contribution is 2.12. The van der Waals surface area contributed by atoms with E-state index < -0.39 is 24.3 Å². The highest BCUT2D eigenvalue weighted by atomic mass is 16.7. The minimum atomic E-state index is -0.601. The van der Waals surface area contributed by atoms with Crippen LogP contribution >= 0.6 is 0 Å². The van der Waals surface area contributed by atoms with Gasteiger partial charge < -0.3 is 29.0 Å². The van der Waals surface area contributed by atoms with Gasteiger partial charge in [0.15, 0.2) is 0 Å². The van der Waals surface area contributed by atoms with Crippen LogP contribution in [0.4, 0.5) is 4.79 Å². The number of alkyl carbamates (subject to hydrolysis) is 1. The van der Waals surface area contributed by atoms with Crippen molar-refractivity contribution in [2.24, 2.45) is 0 Å². The predicted octanol–water partition coefficient (Wildman–Crippen LogP) is 1.06. The van der Waals surface area contributed by atoms with Crippen LogP contribution in [0.2, 0.25) is 0 Å². The van der Waals surface area contributed by atoms with Gasteiger partial charge in [0.1, 0.15) is 25.8 Å². The van der Waals surface area contributed by atoms with Gasteiger partial charge in [0, 0.05) is 14.2 Å². The van der Waals surface area contributed by atoms with E-state index in [-0.39, 0.29) is 13.6 Å². The van der Waals surface area contributed by atoms with Gasteiger partial charge in [-0.2, -0.15) is 0 Å². The van der Waals surface area contributed by atoms with E-state index in [1.807, 2.05) is 0 Å². The van der Waals surface area contributed by atoms with E-state index in [0.29, 0.717) is 0 Å². The van der Waals surface area contributed by atoms with Crippen molar-refractivity contribution >= 4 is 6.09 Å². The number of nitrogens with one attached hydrogen (secondary N) is 1. The van der Waals surface area contributed by atoms with Gasteiger partial charge in [0.05, 0.1) is 13.2 Å². The monoisotopic (exact) mass is 289 g/mol. The molecule has 20 heavy (non-hydrogen) atoms. The van der Waals surface area contributed by atoms with Crippen LogP contribution in [0.1, 0.15) is 0 Å². The standard InChI is InChI=1S/C13H23NO6/c1-6-10(14-13(15)18-5)12(20-9-17-4)11(7-2)19-8-16-3/h6-7,10-12H,1-2,8-9H2,3-5H3,(H,14,15)/t10-,11+,12+/m0/s1. The number of methoxy groups -OCH3 is 3. The first kappa shape index (κ1) is 18.6. The molecule has 0 aliphatic heterocycles. The predicted molar refractivity (Wildman–Crippen MR) is 73.2 cm³/mol. The van der Waals surface area contributed by atoms with E-state index in [1.54, 1.807) is 6.08 Å². The van der Waals surface area contributed by atoms with Gasteiger partial charge in [-0.15, -0.1) is 13.2 Å². The largest absolute Gasteiger partial charge is 0.453 e.